The Bertz CT molecular complexity index is 1420. The highest BCUT2D eigenvalue weighted by atomic mass is 16.7. The summed E-state index contributed by atoms with van der Waals surface area (Å²) in [6, 6.07) is 0. The van der Waals surface area contributed by atoms with Crippen molar-refractivity contribution in [1.29, 1.82) is 0 Å². The van der Waals surface area contributed by atoms with Gasteiger partial charge in [0.25, 0.3) is 0 Å². The van der Waals surface area contributed by atoms with Gasteiger partial charge >= 0.3 is 0 Å². The van der Waals surface area contributed by atoms with E-state index in [9.17, 15) is 50.4 Å². The summed E-state index contributed by atoms with van der Waals surface area (Å²) in [6.45, 7) is 10.4. The molecule has 1 amide bonds. The van der Waals surface area contributed by atoms with Crippen molar-refractivity contribution >= 4 is 11.7 Å². The van der Waals surface area contributed by atoms with E-state index in [4.69, 9.17) is 61.6 Å². The Labute approximate surface area is 482 Å². The van der Waals surface area contributed by atoms with Crippen LogP contribution >= 0.6 is 0 Å². The summed E-state index contributed by atoms with van der Waals surface area (Å²) < 4.78 is 70.9. The number of aliphatic hydroxyl groups excluding tert-OH is 8. The fourth-order valence-corrected chi connectivity index (χ4v) is 8.22. The van der Waals surface area contributed by atoms with Crippen molar-refractivity contribution in [1.82, 2.24) is 4.90 Å². The minimum absolute atomic E-state index is 0.0364. The summed E-state index contributed by atoms with van der Waals surface area (Å²) in [5, 5.41) is 81.9. The molecule has 1 fully saturated rings. The van der Waals surface area contributed by atoms with Crippen molar-refractivity contribution in [3.8, 4) is 0 Å². The lowest BCUT2D eigenvalue weighted by Gasteiger charge is -2.42. The summed E-state index contributed by atoms with van der Waals surface area (Å²) in [5.74, 6) is -0.846. The zero-order valence-electron chi connectivity index (χ0n) is 49.2. The molecule has 0 aromatic carbocycles. The monoisotopic (exact) mass is 1180 g/mol. The predicted octanol–water partition coefficient (Wildman–Crippen LogP) is 1.66. The first-order valence-electron chi connectivity index (χ1n) is 29.9. The second-order valence-electron chi connectivity index (χ2n) is 19.7. The third-order valence-corrected chi connectivity index (χ3v) is 13.1. The number of amides is 1. The van der Waals surface area contributed by atoms with E-state index in [1.165, 1.54) is 38.5 Å². The standard InChI is InChI=1S/C57H109NO23/c1-3-4-5-6-7-8-9-10-11-12-13-14-15-16-17-21-50(63)58(22-19-18-20-47(61)51(64)54(67)56(48(62)45-59)81-57-55(68)53(66)52(65)49(46-60)80-57)23-24-70-27-28-72-31-32-74-35-36-76-39-40-78-43-44-79-42-41-77-38-37-75-34-33-73-30-29-71-26-25-69-2/h10-11,48-49,51-57,59-60,62,64-68H,3-9,12-46H2,1-2H3/b11-10-/t48-,49?,51+,52?,53?,54-,55?,56-,57?/m0/s1. The number of methoxy groups -OCH3 is 1. The Morgan fingerprint density at radius 3 is 1.33 bits per heavy atom. The van der Waals surface area contributed by atoms with Gasteiger partial charge in [0.05, 0.1) is 152 Å². The Hall–Kier alpha value is -1.96. The van der Waals surface area contributed by atoms with Crippen LogP contribution in [-0.4, -0.2) is 285 Å². The zero-order valence-corrected chi connectivity index (χ0v) is 49.2. The maximum atomic E-state index is 13.5. The molecule has 0 bridgehead atoms. The summed E-state index contributed by atoms with van der Waals surface area (Å²) in [4.78, 5) is 28.2. The summed E-state index contributed by atoms with van der Waals surface area (Å²) in [7, 11) is 1.63. The third-order valence-electron chi connectivity index (χ3n) is 13.1. The number of hydrogen-bond acceptors (Lipinski definition) is 23. The molecule has 9 atom stereocenters. The van der Waals surface area contributed by atoms with Crippen molar-refractivity contribution in [2.45, 2.75) is 171 Å². The molecule has 81 heavy (non-hydrogen) atoms. The number of allylic oxidation sites excluding steroid dienone is 2. The smallest absolute Gasteiger partial charge is 0.222 e. The van der Waals surface area contributed by atoms with Gasteiger partial charge in [-0.05, 0) is 44.9 Å². The Kier molecular flexibility index (Phi) is 53.2. The summed E-state index contributed by atoms with van der Waals surface area (Å²) in [5.41, 5.74) is 0. The van der Waals surface area contributed by atoms with Crippen molar-refractivity contribution in [2.24, 2.45) is 0 Å². The topological polar surface area (TPSA) is 319 Å². The Morgan fingerprint density at radius 2 is 0.901 bits per heavy atom. The van der Waals surface area contributed by atoms with E-state index < -0.39 is 74.1 Å². The van der Waals surface area contributed by atoms with Crippen LogP contribution in [0.2, 0.25) is 0 Å². The lowest BCUT2D eigenvalue weighted by Crippen LogP contribution is -2.61. The van der Waals surface area contributed by atoms with Gasteiger partial charge in [0, 0.05) is 33.0 Å². The number of ether oxygens (including phenoxy) is 13. The molecular weight excluding hydrogens is 1070 g/mol. The fourth-order valence-electron chi connectivity index (χ4n) is 8.22. The van der Waals surface area contributed by atoms with Gasteiger partial charge in [0.1, 0.15) is 48.8 Å². The molecular formula is C57H109NO23. The highest BCUT2D eigenvalue weighted by molar-refractivity contribution is 5.83. The van der Waals surface area contributed by atoms with Crippen LogP contribution in [0.15, 0.2) is 12.2 Å². The van der Waals surface area contributed by atoms with E-state index in [0.29, 0.717) is 158 Å². The second kappa shape index (κ2) is 55.9. The highest BCUT2D eigenvalue weighted by Crippen LogP contribution is 2.25. The van der Waals surface area contributed by atoms with E-state index in [0.717, 1.165) is 44.9 Å². The maximum Gasteiger partial charge on any atom is 0.222 e. The molecule has 0 saturated carbocycles. The minimum Gasteiger partial charge on any atom is -0.394 e. The first-order chi connectivity index (χ1) is 39.5. The lowest BCUT2D eigenvalue weighted by atomic mass is 9.96. The van der Waals surface area contributed by atoms with Gasteiger partial charge in [-0.2, -0.15) is 0 Å². The van der Waals surface area contributed by atoms with Crippen LogP contribution in [0.4, 0.5) is 0 Å². The minimum atomic E-state index is -2.11. The molecule has 0 aromatic rings. The van der Waals surface area contributed by atoms with E-state index in [1.807, 2.05) is 0 Å². The molecule has 1 heterocycles. The molecule has 0 radical (unpaired) electrons. The molecule has 1 saturated heterocycles. The molecule has 1 aliphatic heterocycles. The second-order valence-corrected chi connectivity index (χ2v) is 19.7. The van der Waals surface area contributed by atoms with Crippen LogP contribution in [0.5, 0.6) is 0 Å². The zero-order chi connectivity index (χ0) is 59.2. The van der Waals surface area contributed by atoms with Crippen LogP contribution in [0, 0.1) is 0 Å². The molecule has 24 nitrogen and oxygen atoms in total. The largest absolute Gasteiger partial charge is 0.394 e. The normalized spacial score (nSPS) is 19.1. The molecule has 480 valence electrons. The van der Waals surface area contributed by atoms with E-state index in [2.05, 4.69) is 19.1 Å². The average molecular weight is 1180 g/mol. The number of carbonyl (C=O) groups excluding carboxylic acids is 2. The van der Waals surface area contributed by atoms with Gasteiger partial charge in [0.15, 0.2) is 12.1 Å². The molecule has 0 spiro atoms. The number of aliphatic hydroxyl groups is 8. The van der Waals surface area contributed by atoms with Crippen LogP contribution in [0.1, 0.15) is 116 Å². The predicted molar refractivity (Wildman–Crippen MR) is 299 cm³/mol. The fraction of sp³-hybridized carbons (Fsp3) is 0.930. The number of ketones is 1. The number of carbonyl (C=O) groups is 2. The first kappa shape index (κ1) is 77.1. The summed E-state index contributed by atoms with van der Waals surface area (Å²) in [6.07, 6.45) is 3.65. The van der Waals surface area contributed by atoms with Crippen molar-refractivity contribution < 1.29 is 112 Å². The maximum absolute atomic E-state index is 13.5. The number of nitrogens with zero attached hydrogens (tertiary/aromatic N) is 1. The van der Waals surface area contributed by atoms with Gasteiger partial charge in [-0.1, -0.05) is 70.4 Å². The summed E-state index contributed by atoms with van der Waals surface area (Å²) >= 11 is 0. The molecule has 1 aliphatic rings. The quantitative estimate of drug-likeness (QED) is 0.0317. The van der Waals surface area contributed by atoms with Crippen LogP contribution in [0.3, 0.4) is 0 Å². The molecule has 5 unspecified atom stereocenters. The highest BCUT2D eigenvalue weighted by Gasteiger charge is 2.47. The van der Waals surface area contributed by atoms with Crippen molar-refractivity contribution in [3.63, 3.8) is 0 Å². The van der Waals surface area contributed by atoms with Crippen molar-refractivity contribution in [2.75, 3.05) is 172 Å². The molecule has 0 aromatic heterocycles. The lowest BCUT2D eigenvalue weighted by molar-refractivity contribution is -0.326. The third kappa shape index (κ3) is 41.7. The number of hydrogen-bond donors (Lipinski definition) is 8. The van der Waals surface area contributed by atoms with Crippen LogP contribution in [-0.2, 0) is 71.2 Å². The van der Waals surface area contributed by atoms with Gasteiger partial charge in [0.2, 0.25) is 5.91 Å². The number of unbranched alkanes of at least 4 members (excludes halogenated alkanes) is 12. The Morgan fingerprint density at radius 1 is 0.494 bits per heavy atom. The first-order valence-corrected chi connectivity index (χ1v) is 29.9. The number of Topliss-reactive ketones (excluding diaryl/α,β-unsaturated/α-hetero) is 1. The molecule has 8 N–H and O–H groups in total. The van der Waals surface area contributed by atoms with Gasteiger partial charge < -0.3 is 107 Å². The SMILES string of the molecule is CCCCCCCC/C=C\CCCCCCCC(=O)N(CCCCC(=O)[C@@H](O)[C@H](O)[C@@H](OC1OC(CO)C(O)C(O)C1O)[C@@H](O)CO)CCOCCOCCOCCOCCOCCOCCOCCOCCOCCOCCOC. The van der Waals surface area contributed by atoms with E-state index in [1.54, 1.807) is 12.0 Å². The average Bonchev–Trinajstić information content (AvgIpc) is 3.48. The van der Waals surface area contributed by atoms with Crippen LogP contribution in [0.25, 0.3) is 0 Å². The van der Waals surface area contributed by atoms with Crippen molar-refractivity contribution in [3.05, 3.63) is 12.2 Å². The molecule has 0 aliphatic carbocycles. The number of rotatable bonds is 61. The van der Waals surface area contributed by atoms with E-state index in [-0.39, 0.29) is 25.4 Å². The molecule has 1 rings (SSSR count). The Balaban J connectivity index is 2.34. The van der Waals surface area contributed by atoms with Gasteiger partial charge in [-0.3, -0.25) is 9.59 Å². The van der Waals surface area contributed by atoms with Gasteiger partial charge in [-0.15, -0.1) is 0 Å². The van der Waals surface area contributed by atoms with Gasteiger partial charge in [-0.25, -0.2) is 0 Å². The molecule has 24 heteroatoms. The van der Waals surface area contributed by atoms with Crippen LogP contribution < -0.4 is 0 Å². The van der Waals surface area contributed by atoms with E-state index >= 15 is 0 Å².